The number of hydrogen-bond acceptors (Lipinski definition) is 2. The summed E-state index contributed by atoms with van der Waals surface area (Å²) >= 11 is 0. The van der Waals surface area contributed by atoms with E-state index >= 15 is 0 Å². The number of benzene rings is 3. The molecule has 0 N–H and O–H groups in total. The van der Waals surface area contributed by atoms with Gasteiger partial charge in [-0.3, -0.25) is 4.79 Å². The van der Waals surface area contributed by atoms with E-state index in [0.29, 0.717) is 22.9 Å². The molecule has 0 bridgehead atoms. The molecular weight excluding hydrogens is 398 g/mol. The van der Waals surface area contributed by atoms with Crippen molar-refractivity contribution in [3.05, 3.63) is 82.0 Å². The Morgan fingerprint density at radius 2 is 1.31 bits per heavy atom. The van der Waals surface area contributed by atoms with Crippen LogP contribution in [0.5, 0.6) is 0 Å². The van der Waals surface area contributed by atoms with Crippen molar-refractivity contribution in [2.45, 2.75) is 12.4 Å². The normalized spacial score (nSPS) is 12.6. The molecule has 0 atom stereocenters. The Bertz CT molecular complexity index is 1270. The van der Waals surface area contributed by atoms with E-state index < -0.39 is 34.5 Å². The molecular formula is C21H10F6O2. The van der Waals surface area contributed by atoms with Gasteiger partial charge >= 0.3 is 12.4 Å². The first kappa shape index (κ1) is 19.0. The lowest BCUT2D eigenvalue weighted by Gasteiger charge is -2.14. The Labute approximate surface area is 159 Å². The van der Waals surface area contributed by atoms with E-state index in [1.165, 1.54) is 6.07 Å². The molecule has 29 heavy (non-hydrogen) atoms. The lowest BCUT2D eigenvalue weighted by molar-refractivity contribution is -0.143. The highest BCUT2D eigenvalue weighted by molar-refractivity contribution is 6.04. The average molecular weight is 408 g/mol. The first-order valence-electron chi connectivity index (χ1n) is 8.29. The second kappa shape index (κ2) is 6.37. The van der Waals surface area contributed by atoms with Crippen molar-refractivity contribution >= 4 is 21.7 Å². The Hall–Kier alpha value is -3.29. The summed E-state index contributed by atoms with van der Waals surface area (Å²) in [5, 5.41) is 1.41. The van der Waals surface area contributed by atoms with Crippen molar-refractivity contribution in [3.8, 4) is 11.3 Å². The molecule has 4 aromatic rings. The van der Waals surface area contributed by atoms with Crippen molar-refractivity contribution < 1.29 is 30.8 Å². The van der Waals surface area contributed by atoms with Gasteiger partial charge in [-0.1, -0.05) is 30.3 Å². The third-order valence-electron chi connectivity index (χ3n) is 4.49. The zero-order valence-corrected chi connectivity index (χ0v) is 14.4. The molecule has 0 unspecified atom stereocenters. The van der Waals surface area contributed by atoms with Crippen LogP contribution < -0.4 is 5.43 Å². The fourth-order valence-electron chi connectivity index (χ4n) is 3.12. The lowest BCUT2D eigenvalue weighted by atomic mass is 10.0. The van der Waals surface area contributed by atoms with E-state index in [0.717, 1.165) is 6.07 Å². The summed E-state index contributed by atoms with van der Waals surface area (Å²) in [6.07, 6.45) is -10.0. The number of fused-ring (bicyclic) bond motifs is 3. The predicted octanol–water partition coefficient (Wildman–Crippen LogP) is 6.65. The molecule has 0 spiro atoms. The first-order chi connectivity index (χ1) is 13.5. The standard InChI is InChI=1S/C21H10F6O2/c22-20(23,24)13-7-12(8-14(9-13)21(25,26)27)18-10-17(28)16-6-5-11-3-1-2-4-15(11)19(16)29-18/h1-10H. The smallest absolute Gasteiger partial charge is 0.416 e. The summed E-state index contributed by atoms with van der Waals surface area (Å²) in [7, 11) is 0. The second-order valence-corrected chi connectivity index (χ2v) is 6.43. The number of rotatable bonds is 1. The van der Waals surface area contributed by atoms with Gasteiger partial charge in [0.05, 0.1) is 16.5 Å². The molecule has 1 heterocycles. The van der Waals surface area contributed by atoms with Crippen LogP contribution in [-0.4, -0.2) is 0 Å². The first-order valence-corrected chi connectivity index (χ1v) is 8.29. The van der Waals surface area contributed by atoms with E-state index in [1.54, 1.807) is 30.3 Å². The molecule has 0 radical (unpaired) electrons. The SMILES string of the molecule is O=c1cc(-c2cc(C(F)(F)F)cc(C(F)(F)F)c2)oc2c1ccc1ccccc12. The van der Waals surface area contributed by atoms with Crippen molar-refractivity contribution in [3.63, 3.8) is 0 Å². The third kappa shape index (κ3) is 3.46. The summed E-state index contributed by atoms with van der Waals surface area (Å²) in [5.41, 5.74) is -3.93. The topological polar surface area (TPSA) is 30.2 Å². The van der Waals surface area contributed by atoms with Crippen LogP contribution in [0.25, 0.3) is 33.1 Å². The van der Waals surface area contributed by atoms with Gasteiger partial charge in [-0.2, -0.15) is 26.3 Å². The highest BCUT2D eigenvalue weighted by Crippen LogP contribution is 2.39. The summed E-state index contributed by atoms with van der Waals surface area (Å²) in [4.78, 5) is 12.5. The molecule has 148 valence electrons. The monoisotopic (exact) mass is 408 g/mol. The molecule has 3 aromatic carbocycles. The lowest BCUT2D eigenvalue weighted by Crippen LogP contribution is -2.11. The van der Waals surface area contributed by atoms with E-state index in [-0.39, 0.29) is 22.8 Å². The van der Waals surface area contributed by atoms with Crippen LogP contribution >= 0.6 is 0 Å². The highest BCUT2D eigenvalue weighted by atomic mass is 19.4. The van der Waals surface area contributed by atoms with Gasteiger partial charge in [0.15, 0.2) is 5.43 Å². The van der Waals surface area contributed by atoms with Crippen LogP contribution in [0.4, 0.5) is 26.3 Å². The fourth-order valence-corrected chi connectivity index (χ4v) is 3.12. The quantitative estimate of drug-likeness (QED) is 0.261. The maximum atomic E-state index is 13.1. The van der Waals surface area contributed by atoms with Gasteiger partial charge in [0.1, 0.15) is 11.3 Å². The highest BCUT2D eigenvalue weighted by Gasteiger charge is 2.37. The van der Waals surface area contributed by atoms with Gasteiger partial charge in [0.2, 0.25) is 0 Å². The van der Waals surface area contributed by atoms with Crippen LogP contribution in [0.2, 0.25) is 0 Å². The third-order valence-corrected chi connectivity index (χ3v) is 4.49. The average Bonchev–Trinajstić information content (AvgIpc) is 2.66. The van der Waals surface area contributed by atoms with Crippen molar-refractivity contribution in [2.24, 2.45) is 0 Å². The molecule has 8 heteroatoms. The molecule has 0 amide bonds. The molecule has 4 rings (SSSR count). The van der Waals surface area contributed by atoms with Gasteiger partial charge in [0.25, 0.3) is 0 Å². The minimum absolute atomic E-state index is 0.0258. The Morgan fingerprint density at radius 3 is 1.93 bits per heavy atom. The predicted molar refractivity (Wildman–Crippen MR) is 95.4 cm³/mol. The van der Waals surface area contributed by atoms with Crippen LogP contribution in [0.15, 0.2) is 69.9 Å². The zero-order valence-electron chi connectivity index (χ0n) is 14.4. The van der Waals surface area contributed by atoms with Gasteiger partial charge in [0, 0.05) is 17.0 Å². The Kier molecular flexibility index (Phi) is 4.18. The summed E-state index contributed by atoms with van der Waals surface area (Å²) in [5.74, 6) is -0.379. The Morgan fingerprint density at radius 1 is 0.690 bits per heavy atom. The minimum Gasteiger partial charge on any atom is -0.455 e. The molecule has 0 saturated carbocycles. The number of hydrogen-bond donors (Lipinski definition) is 0. The van der Waals surface area contributed by atoms with Gasteiger partial charge in [-0.25, -0.2) is 0 Å². The summed E-state index contributed by atoms with van der Waals surface area (Å²) in [6.45, 7) is 0. The molecule has 1 aromatic heterocycles. The van der Waals surface area contributed by atoms with Crippen molar-refractivity contribution in [1.82, 2.24) is 0 Å². The maximum absolute atomic E-state index is 13.1. The van der Waals surface area contributed by atoms with E-state index in [9.17, 15) is 31.1 Å². The Balaban J connectivity index is 2.04. The van der Waals surface area contributed by atoms with E-state index in [4.69, 9.17) is 4.42 Å². The minimum atomic E-state index is -5.00. The molecule has 0 fully saturated rings. The van der Waals surface area contributed by atoms with Gasteiger partial charge in [-0.05, 0) is 29.7 Å². The molecule has 0 aliphatic heterocycles. The van der Waals surface area contributed by atoms with E-state index in [1.807, 2.05) is 0 Å². The number of halogens is 6. The van der Waals surface area contributed by atoms with Gasteiger partial charge in [-0.15, -0.1) is 0 Å². The van der Waals surface area contributed by atoms with Gasteiger partial charge < -0.3 is 4.42 Å². The van der Waals surface area contributed by atoms with E-state index in [2.05, 4.69) is 0 Å². The molecule has 2 nitrogen and oxygen atoms in total. The summed E-state index contributed by atoms with van der Waals surface area (Å²) < 4.78 is 84.4. The zero-order chi connectivity index (χ0) is 21.0. The van der Waals surface area contributed by atoms with Crippen LogP contribution in [0.3, 0.4) is 0 Å². The van der Waals surface area contributed by atoms with Crippen LogP contribution in [-0.2, 0) is 12.4 Å². The van der Waals surface area contributed by atoms with Crippen molar-refractivity contribution in [2.75, 3.05) is 0 Å². The molecule has 0 aliphatic carbocycles. The van der Waals surface area contributed by atoms with Crippen LogP contribution in [0.1, 0.15) is 11.1 Å². The van der Waals surface area contributed by atoms with Crippen LogP contribution in [0, 0.1) is 0 Å². The fraction of sp³-hybridized carbons (Fsp3) is 0.0952. The molecule has 0 saturated heterocycles. The second-order valence-electron chi connectivity index (χ2n) is 6.43. The molecule has 0 aliphatic rings. The van der Waals surface area contributed by atoms with Crippen molar-refractivity contribution in [1.29, 1.82) is 0 Å². The summed E-state index contributed by atoms with van der Waals surface area (Å²) in [6, 6.07) is 12.0. The maximum Gasteiger partial charge on any atom is 0.416 e. The number of alkyl halides is 6. The largest absolute Gasteiger partial charge is 0.455 e.